The van der Waals surface area contributed by atoms with Crippen molar-refractivity contribution in [2.75, 3.05) is 45.9 Å². The number of piperazine rings is 1. The fourth-order valence-corrected chi connectivity index (χ4v) is 3.13. The van der Waals surface area contributed by atoms with Crippen molar-refractivity contribution in [3.05, 3.63) is 36.3 Å². The van der Waals surface area contributed by atoms with Crippen LogP contribution in [0.3, 0.4) is 0 Å². The monoisotopic (exact) mass is 372 g/mol. The van der Waals surface area contributed by atoms with Crippen LogP contribution >= 0.6 is 0 Å². The molecule has 8 nitrogen and oxygen atoms in total. The maximum atomic E-state index is 11.8. The molecule has 3 heterocycles. The molecule has 27 heavy (non-hydrogen) atoms. The molecule has 2 aromatic rings. The van der Waals surface area contributed by atoms with Crippen LogP contribution in [0.15, 0.2) is 35.6 Å². The Morgan fingerprint density at radius 3 is 2.70 bits per heavy atom. The van der Waals surface area contributed by atoms with Crippen molar-refractivity contribution in [1.29, 1.82) is 0 Å². The van der Waals surface area contributed by atoms with Crippen molar-refractivity contribution in [3.8, 4) is 0 Å². The Bertz CT molecular complexity index is 746. The summed E-state index contributed by atoms with van der Waals surface area (Å²) in [6.07, 6.45) is 4.61. The third kappa shape index (κ3) is 4.90. The fourth-order valence-electron chi connectivity index (χ4n) is 3.13. The number of imidazole rings is 1. The summed E-state index contributed by atoms with van der Waals surface area (Å²) in [5.74, 6) is 0.893. The molecule has 1 amide bonds. The molecule has 0 saturated carbocycles. The van der Waals surface area contributed by atoms with Gasteiger partial charge in [-0.05, 0) is 26.0 Å². The molecule has 1 saturated heterocycles. The van der Waals surface area contributed by atoms with Crippen LogP contribution in [0.2, 0.25) is 0 Å². The van der Waals surface area contributed by atoms with E-state index in [4.69, 9.17) is 9.73 Å². The molecule has 146 valence electrons. The average Bonchev–Trinajstić information content (AvgIpc) is 3.10. The van der Waals surface area contributed by atoms with Crippen molar-refractivity contribution in [2.24, 2.45) is 4.99 Å². The van der Waals surface area contributed by atoms with E-state index in [1.807, 2.05) is 35.7 Å². The highest BCUT2D eigenvalue weighted by atomic mass is 16.6. The number of hydrogen-bond acceptors (Lipinski definition) is 4. The number of carbonyl (C=O) groups excluding carboxylic acids is 1. The highest BCUT2D eigenvalue weighted by Crippen LogP contribution is 2.07. The number of amides is 1. The standard InChI is InChI=1S/C19H28N6O2/c1-3-20-18(23-11-13-24(14-12-23)19(26)27-4-2)21-9-8-16-15-25-10-6-5-7-17(25)22-16/h5-7,10,15H,3-4,8-9,11-14H2,1-2H3,(H,20,21). The van der Waals surface area contributed by atoms with Crippen molar-refractivity contribution in [2.45, 2.75) is 20.3 Å². The number of guanidine groups is 1. The lowest BCUT2D eigenvalue weighted by molar-refractivity contribution is 0.0914. The van der Waals surface area contributed by atoms with E-state index in [-0.39, 0.29) is 6.09 Å². The van der Waals surface area contributed by atoms with E-state index in [0.29, 0.717) is 26.2 Å². The largest absolute Gasteiger partial charge is 0.450 e. The minimum atomic E-state index is -0.231. The summed E-state index contributed by atoms with van der Waals surface area (Å²) in [5.41, 5.74) is 1.99. The minimum absolute atomic E-state index is 0.231. The minimum Gasteiger partial charge on any atom is -0.450 e. The van der Waals surface area contributed by atoms with Gasteiger partial charge < -0.3 is 24.3 Å². The molecule has 0 aromatic carbocycles. The Hall–Kier alpha value is -2.77. The van der Waals surface area contributed by atoms with Crippen molar-refractivity contribution in [1.82, 2.24) is 24.5 Å². The first kappa shape index (κ1) is 19.0. The summed E-state index contributed by atoms with van der Waals surface area (Å²) < 4.78 is 7.10. The first-order chi connectivity index (χ1) is 13.2. The molecule has 0 aliphatic carbocycles. The van der Waals surface area contributed by atoms with E-state index in [2.05, 4.69) is 28.3 Å². The van der Waals surface area contributed by atoms with Gasteiger partial charge in [-0.2, -0.15) is 0 Å². The first-order valence-electron chi connectivity index (χ1n) is 9.58. The first-order valence-corrected chi connectivity index (χ1v) is 9.58. The Morgan fingerprint density at radius 1 is 1.22 bits per heavy atom. The van der Waals surface area contributed by atoms with E-state index < -0.39 is 0 Å². The van der Waals surface area contributed by atoms with Gasteiger partial charge in [-0.25, -0.2) is 9.78 Å². The maximum absolute atomic E-state index is 11.8. The number of aliphatic imine (C=N–C) groups is 1. The Kier molecular flexibility index (Phi) is 6.51. The molecule has 3 rings (SSSR count). The smallest absolute Gasteiger partial charge is 0.409 e. The summed E-state index contributed by atoms with van der Waals surface area (Å²) in [6, 6.07) is 5.99. The summed E-state index contributed by atoms with van der Waals surface area (Å²) in [6.45, 7) is 8.57. The maximum Gasteiger partial charge on any atom is 0.409 e. The van der Waals surface area contributed by atoms with Crippen LogP contribution in [-0.4, -0.2) is 77.1 Å². The van der Waals surface area contributed by atoms with Crippen molar-refractivity contribution < 1.29 is 9.53 Å². The second kappa shape index (κ2) is 9.25. The quantitative estimate of drug-likeness (QED) is 0.638. The van der Waals surface area contributed by atoms with Crippen LogP contribution in [0.4, 0.5) is 4.79 Å². The number of pyridine rings is 1. The average molecular weight is 372 g/mol. The number of rotatable bonds is 5. The second-order valence-corrected chi connectivity index (χ2v) is 6.36. The lowest BCUT2D eigenvalue weighted by Crippen LogP contribution is -2.54. The van der Waals surface area contributed by atoms with E-state index in [0.717, 1.165) is 43.4 Å². The molecule has 0 spiro atoms. The molecule has 1 fully saturated rings. The Balaban J connectivity index is 1.56. The zero-order valence-corrected chi connectivity index (χ0v) is 16.1. The predicted octanol–water partition coefficient (Wildman–Crippen LogP) is 1.62. The van der Waals surface area contributed by atoms with Crippen molar-refractivity contribution in [3.63, 3.8) is 0 Å². The van der Waals surface area contributed by atoms with Gasteiger partial charge in [-0.15, -0.1) is 0 Å². The predicted molar refractivity (Wildman–Crippen MR) is 105 cm³/mol. The summed E-state index contributed by atoms with van der Waals surface area (Å²) in [5, 5.41) is 3.35. The molecule has 1 aliphatic heterocycles. The molecule has 0 bridgehead atoms. The lowest BCUT2D eigenvalue weighted by Gasteiger charge is -2.35. The zero-order chi connectivity index (χ0) is 19.1. The van der Waals surface area contributed by atoms with Crippen LogP contribution < -0.4 is 5.32 Å². The highest BCUT2D eigenvalue weighted by Gasteiger charge is 2.23. The number of carbonyl (C=O) groups is 1. The van der Waals surface area contributed by atoms with Gasteiger partial charge in [0.2, 0.25) is 0 Å². The molecule has 1 N–H and O–H groups in total. The molecule has 8 heteroatoms. The molecule has 0 atom stereocenters. The van der Waals surface area contributed by atoms with Crippen LogP contribution in [0.5, 0.6) is 0 Å². The number of aromatic nitrogens is 2. The van der Waals surface area contributed by atoms with Crippen LogP contribution in [0.25, 0.3) is 5.65 Å². The summed E-state index contributed by atoms with van der Waals surface area (Å²) in [7, 11) is 0. The van der Waals surface area contributed by atoms with Crippen LogP contribution in [-0.2, 0) is 11.2 Å². The van der Waals surface area contributed by atoms with E-state index in [1.54, 1.807) is 4.90 Å². The van der Waals surface area contributed by atoms with Gasteiger partial charge in [0.25, 0.3) is 0 Å². The van der Waals surface area contributed by atoms with Gasteiger partial charge in [-0.3, -0.25) is 4.99 Å². The lowest BCUT2D eigenvalue weighted by atomic mass is 10.3. The number of hydrogen-bond donors (Lipinski definition) is 1. The normalized spacial score (nSPS) is 15.3. The van der Waals surface area contributed by atoms with Gasteiger partial charge in [0, 0.05) is 58.1 Å². The SMILES string of the molecule is CCNC(=NCCc1cn2ccccc2n1)N1CCN(C(=O)OCC)CC1. The van der Waals surface area contributed by atoms with Gasteiger partial charge >= 0.3 is 6.09 Å². The van der Waals surface area contributed by atoms with Gasteiger partial charge in [0.05, 0.1) is 12.3 Å². The van der Waals surface area contributed by atoms with E-state index in [9.17, 15) is 4.79 Å². The summed E-state index contributed by atoms with van der Waals surface area (Å²) >= 11 is 0. The number of nitrogens with one attached hydrogen (secondary N) is 1. The molecule has 0 radical (unpaired) electrons. The topological polar surface area (TPSA) is 74.5 Å². The third-order valence-electron chi connectivity index (χ3n) is 4.48. The van der Waals surface area contributed by atoms with Crippen molar-refractivity contribution >= 4 is 17.7 Å². The summed E-state index contributed by atoms with van der Waals surface area (Å²) in [4.78, 5) is 25.2. The molecule has 2 aromatic heterocycles. The third-order valence-corrected chi connectivity index (χ3v) is 4.48. The molecule has 0 unspecified atom stereocenters. The number of fused-ring (bicyclic) bond motifs is 1. The van der Waals surface area contributed by atoms with Gasteiger partial charge in [0.1, 0.15) is 5.65 Å². The zero-order valence-electron chi connectivity index (χ0n) is 16.1. The number of nitrogens with zero attached hydrogens (tertiary/aromatic N) is 5. The van der Waals surface area contributed by atoms with Gasteiger partial charge in [-0.1, -0.05) is 6.07 Å². The van der Waals surface area contributed by atoms with Gasteiger partial charge in [0.15, 0.2) is 5.96 Å². The highest BCUT2D eigenvalue weighted by molar-refractivity contribution is 5.80. The Labute approximate surface area is 159 Å². The number of ether oxygens (including phenoxy) is 1. The van der Waals surface area contributed by atoms with E-state index >= 15 is 0 Å². The molecular formula is C19H28N6O2. The Morgan fingerprint density at radius 2 is 2.00 bits per heavy atom. The molecule has 1 aliphatic rings. The second-order valence-electron chi connectivity index (χ2n) is 6.36. The van der Waals surface area contributed by atoms with Crippen LogP contribution in [0.1, 0.15) is 19.5 Å². The molecular weight excluding hydrogens is 344 g/mol. The van der Waals surface area contributed by atoms with E-state index in [1.165, 1.54) is 0 Å². The fraction of sp³-hybridized carbons (Fsp3) is 0.526. The van der Waals surface area contributed by atoms with Crippen LogP contribution in [0, 0.1) is 0 Å².